The molecular weight excluding hydrogens is 399 g/mol. The van der Waals surface area contributed by atoms with Crippen molar-refractivity contribution in [3.05, 3.63) is 57.6 Å². The molecule has 0 saturated heterocycles. The van der Waals surface area contributed by atoms with E-state index >= 15 is 0 Å². The van der Waals surface area contributed by atoms with Crippen LogP contribution in [0.2, 0.25) is 0 Å². The zero-order chi connectivity index (χ0) is 21.6. The van der Waals surface area contributed by atoms with Gasteiger partial charge in [-0.2, -0.15) is 23.4 Å². The van der Waals surface area contributed by atoms with E-state index in [4.69, 9.17) is 0 Å². The summed E-state index contributed by atoms with van der Waals surface area (Å²) in [5.41, 5.74) is 0.630. The van der Waals surface area contributed by atoms with Gasteiger partial charge in [-0.1, -0.05) is 12.1 Å². The molecule has 0 unspecified atom stereocenters. The summed E-state index contributed by atoms with van der Waals surface area (Å²) in [5, 5.41) is 11.7. The van der Waals surface area contributed by atoms with Crippen molar-refractivity contribution >= 4 is 16.8 Å². The molecule has 1 fully saturated rings. The summed E-state index contributed by atoms with van der Waals surface area (Å²) in [6.45, 7) is 3.11. The lowest BCUT2D eigenvalue weighted by atomic mass is 10.1. The van der Waals surface area contributed by atoms with E-state index in [2.05, 4.69) is 15.5 Å². The van der Waals surface area contributed by atoms with Gasteiger partial charge in [-0.3, -0.25) is 14.3 Å². The number of alkyl halides is 3. The van der Waals surface area contributed by atoms with E-state index in [1.807, 2.05) is 4.68 Å². The number of hydrogen-bond donors (Lipinski definition) is 1. The number of aromatic nitrogens is 4. The van der Waals surface area contributed by atoms with Crippen molar-refractivity contribution in [2.45, 2.75) is 51.5 Å². The molecule has 0 bridgehead atoms. The molecule has 1 aliphatic carbocycles. The number of carbonyl (C=O) groups is 1. The van der Waals surface area contributed by atoms with Crippen molar-refractivity contribution in [1.82, 2.24) is 24.9 Å². The Kier molecular flexibility index (Phi) is 4.87. The maximum absolute atomic E-state index is 12.8. The number of fused-ring (bicyclic) bond motifs is 1. The van der Waals surface area contributed by atoms with E-state index in [0.717, 1.165) is 29.7 Å². The number of benzene rings is 1. The van der Waals surface area contributed by atoms with Gasteiger partial charge in [-0.15, -0.1) is 0 Å². The van der Waals surface area contributed by atoms with Gasteiger partial charge in [0.05, 0.1) is 40.4 Å². The fourth-order valence-electron chi connectivity index (χ4n) is 3.44. The molecule has 1 saturated carbocycles. The minimum absolute atomic E-state index is 0.297. The zero-order valence-corrected chi connectivity index (χ0v) is 16.4. The van der Waals surface area contributed by atoms with Gasteiger partial charge >= 0.3 is 6.18 Å². The van der Waals surface area contributed by atoms with Crippen LogP contribution < -0.4 is 10.9 Å². The first-order chi connectivity index (χ1) is 14.1. The second-order valence-corrected chi connectivity index (χ2v) is 7.54. The van der Waals surface area contributed by atoms with Gasteiger partial charge in [-0.05, 0) is 44.4 Å². The highest BCUT2D eigenvalue weighted by Crippen LogP contribution is 2.36. The highest BCUT2D eigenvalue weighted by atomic mass is 19.4. The standard InChI is InChI=1S/C20H20F3N5O2/c1-11(13-3-5-14(6-4-13)20(21,22)23)25-17(29)10-27-19(30)18-12(2)26-28(15-7-8-15)16(18)9-24-27/h3-6,9,11,15H,7-8,10H2,1-2H3,(H,25,29)/t11-/m0/s1. The van der Waals surface area contributed by atoms with Gasteiger partial charge < -0.3 is 5.32 Å². The third-order valence-electron chi connectivity index (χ3n) is 5.19. The Balaban J connectivity index is 1.48. The van der Waals surface area contributed by atoms with Crippen molar-refractivity contribution in [2.75, 3.05) is 0 Å². The molecule has 2 aromatic heterocycles. The molecule has 0 spiro atoms. The largest absolute Gasteiger partial charge is 0.416 e. The predicted octanol–water partition coefficient (Wildman–Crippen LogP) is 3.13. The number of amides is 1. The number of rotatable bonds is 5. The maximum atomic E-state index is 12.8. The zero-order valence-electron chi connectivity index (χ0n) is 16.4. The van der Waals surface area contributed by atoms with Crippen LogP contribution in [0.4, 0.5) is 13.2 Å². The Hall–Kier alpha value is -3.17. The average molecular weight is 419 g/mol. The summed E-state index contributed by atoms with van der Waals surface area (Å²) in [7, 11) is 0. The fourth-order valence-corrected chi connectivity index (χ4v) is 3.44. The SMILES string of the molecule is Cc1nn(C2CC2)c2cnn(CC(=O)N[C@@H](C)c3ccc(C(F)(F)F)cc3)c(=O)c12. The normalized spacial score (nSPS) is 15.4. The van der Waals surface area contributed by atoms with Crippen LogP contribution >= 0.6 is 0 Å². The molecule has 2 heterocycles. The molecule has 0 aliphatic heterocycles. The van der Waals surface area contributed by atoms with Crippen molar-refractivity contribution in [2.24, 2.45) is 0 Å². The second kappa shape index (κ2) is 7.26. The monoisotopic (exact) mass is 419 g/mol. The number of hydrogen-bond acceptors (Lipinski definition) is 4. The van der Waals surface area contributed by atoms with Crippen LogP contribution in [0.25, 0.3) is 10.9 Å². The number of carbonyl (C=O) groups excluding carboxylic acids is 1. The Morgan fingerprint density at radius 1 is 1.27 bits per heavy atom. The average Bonchev–Trinajstić information content (AvgIpc) is 3.47. The van der Waals surface area contributed by atoms with Crippen molar-refractivity contribution in [3.63, 3.8) is 0 Å². The van der Waals surface area contributed by atoms with Crippen molar-refractivity contribution < 1.29 is 18.0 Å². The summed E-state index contributed by atoms with van der Waals surface area (Å²) in [6.07, 6.45) is -0.837. The molecule has 10 heteroatoms. The summed E-state index contributed by atoms with van der Waals surface area (Å²) < 4.78 is 40.9. The molecular formula is C20H20F3N5O2. The Labute approximate surface area is 169 Å². The van der Waals surface area contributed by atoms with Crippen molar-refractivity contribution in [1.29, 1.82) is 0 Å². The summed E-state index contributed by atoms with van der Waals surface area (Å²) in [6, 6.07) is 4.35. The molecule has 1 N–H and O–H groups in total. The van der Waals surface area contributed by atoms with Crippen LogP contribution in [0.5, 0.6) is 0 Å². The van der Waals surface area contributed by atoms with Crippen LogP contribution in [0.3, 0.4) is 0 Å². The van der Waals surface area contributed by atoms with E-state index in [1.165, 1.54) is 12.1 Å². The molecule has 158 valence electrons. The third kappa shape index (κ3) is 3.81. The van der Waals surface area contributed by atoms with E-state index in [-0.39, 0.29) is 6.54 Å². The van der Waals surface area contributed by atoms with Gasteiger partial charge in [0, 0.05) is 0 Å². The maximum Gasteiger partial charge on any atom is 0.416 e. The topological polar surface area (TPSA) is 81.8 Å². The van der Waals surface area contributed by atoms with Crippen LogP contribution in [0.15, 0.2) is 35.3 Å². The lowest BCUT2D eigenvalue weighted by Crippen LogP contribution is -2.35. The molecule has 1 aromatic carbocycles. The van der Waals surface area contributed by atoms with E-state index < -0.39 is 29.2 Å². The van der Waals surface area contributed by atoms with E-state index in [0.29, 0.717) is 28.2 Å². The number of nitrogens with zero attached hydrogens (tertiary/aromatic N) is 4. The number of aryl methyl sites for hydroxylation is 1. The first-order valence-electron chi connectivity index (χ1n) is 9.56. The smallest absolute Gasteiger partial charge is 0.348 e. The van der Waals surface area contributed by atoms with Crippen LogP contribution in [0.1, 0.15) is 48.7 Å². The minimum Gasteiger partial charge on any atom is -0.348 e. The lowest BCUT2D eigenvalue weighted by molar-refractivity contribution is -0.137. The molecule has 4 rings (SSSR count). The van der Waals surface area contributed by atoms with E-state index in [9.17, 15) is 22.8 Å². The van der Waals surface area contributed by atoms with Crippen molar-refractivity contribution in [3.8, 4) is 0 Å². The van der Waals surface area contributed by atoms with Gasteiger partial charge in [0.2, 0.25) is 5.91 Å². The summed E-state index contributed by atoms with van der Waals surface area (Å²) in [4.78, 5) is 25.2. The van der Waals surface area contributed by atoms with Gasteiger partial charge in [0.15, 0.2) is 0 Å². The molecule has 30 heavy (non-hydrogen) atoms. The molecule has 7 nitrogen and oxygen atoms in total. The van der Waals surface area contributed by atoms with Gasteiger partial charge in [-0.25, -0.2) is 4.68 Å². The first-order valence-corrected chi connectivity index (χ1v) is 9.56. The Morgan fingerprint density at radius 3 is 2.53 bits per heavy atom. The highest BCUT2D eigenvalue weighted by molar-refractivity contribution is 5.81. The molecule has 0 radical (unpaired) electrons. The first kappa shape index (κ1) is 20.1. The predicted molar refractivity (Wildman–Crippen MR) is 103 cm³/mol. The van der Waals surface area contributed by atoms with Gasteiger partial charge in [0.1, 0.15) is 6.54 Å². The fraction of sp³-hybridized carbons (Fsp3) is 0.400. The van der Waals surface area contributed by atoms with E-state index in [1.54, 1.807) is 20.0 Å². The third-order valence-corrected chi connectivity index (χ3v) is 5.19. The lowest BCUT2D eigenvalue weighted by Gasteiger charge is -2.16. The molecule has 1 amide bonds. The Morgan fingerprint density at radius 2 is 1.93 bits per heavy atom. The van der Waals surface area contributed by atoms with Crippen LogP contribution in [-0.2, 0) is 17.5 Å². The molecule has 3 aromatic rings. The quantitative estimate of drug-likeness (QED) is 0.689. The highest BCUT2D eigenvalue weighted by Gasteiger charge is 2.30. The number of halogens is 3. The summed E-state index contributed by atoms with van der Waals surface area (Å²) in [5.74, 6) is -0.469. The van der Waals surface area contributed by atoms with Gasteiger partial charge in [0.25, 0.3) is 5.56 Å². The minimum atomic E-state index is -4.41. The van der Waals surface area contributed by atoms with Crippen LogP contribution in [0, 0.1) is 6.92 Å². The Bertz CT molecular complexity index is 1160. The molecule has 1 aliphatic rings. The number of nitrogens with one attached hydrogen (secondary N) is 1. The molecule has 1 atom stereocenters. The summed E-state index contributed by atoms with van der Waals surface area (Å²) >= 11 is 0. The second-order valence-electron chi connectivity index (χ2n) is 7.54. The van der Waals surface area contributed by atoms with Crippen LogP contribution in [-0.4, -0.2) is 25.5 Å².